The van der Waals surface area contributed by atoms with Gasteiger partial charge in [0.2, 0.25) is 0 Å². The molecule has 1 unspecified atom stereocenters. The second kappa shape index (κ2) is 7.93. The van der Waals surface area contributed by atoms with Gasteiger partial charge in [-0.05, 0) is 43.1 Å². The van der Waals surface area contributed by atoms with Crippen LogP contribution in [-0.2, 0) is 13.1 Å². The molecule has 0 saturated carbocycles. The van der Waals surface area contributed by atoms with Crippen molar-refractivity contribution in [1.29, 1.82) is 0 Å². The Hall–Kier alpha value is -0.680. The minimum absolute atomic E-state index is 0.508. The van der Waals surface area contributed by atoms with E-state index in [1.807, 2.05) is 0 Å². The zero-order chi connectivity index (χ0) is 14.4. The first kappa shape index (κ1) is 15.7. The molecule has 0 spiro atoms. The van der Waals surface area contributed by atoms with Crippen molar-refractivity contribution < 1.29 is 0 Å². The van der Waals surface area contributed by atoms with E-state index >= 15 is 0 Å². The van der Waals surface area contributed by atoms with Crippen LogP contribution in [0.5, 0.6) is 0 Å². The van der Waals surface area contributed by atoms with Gasteiger partial charge in [0, 0.05) is 35.0 Å². The van der Waals surface area contributed by atoms with Crippen LogP contribution in [0.15, 0.2) is 46.3 Å². The average molecular weight is 353 g/mol. The highest BCUT2D eigenvalue weighted by Gasteiger charge is 2.09. The van der Waals surface area contributed by atoms with E-state index in [2.05, 4.69) is 81.9 Å². The van der Waals surface area contributed by atoms with E-state index in [9.17, 15) is 0 Å². The molecular formula is C16H21BrN2S. The van der Waals surface area contributed by atoms with Crippen LogP contribution in [0, 0.1) is 0 Å². The monoisotopic (exact) mass is 352 g/mol. The third-order valence-corrected chi connectivity index (χ3v) is 4.76. The molecule has 1 aromatic heterocycles. The van der Waals surface area contributed by atoms with E-state index in [-0.39, 0.29) is 0 Å². The molecule has 2 aromatic rings. The third kappa shape index (κ3) is 5.02. The molecule has 1 aromatic carbocycles. The van der Waals surface area contributed by atoms with Crippen molar-refractivity contribution >= 4 is 27.3 Å². The molecular weight excluding hydrogens is 332 g/mol. The highest BCUT2D eigenvalue weighted by atomic mass is 79.9. The summed E-state index contributed by atoms with van der Waals surface area (Å²) in [4.78, 5) is 3.77. The highest BCUT2D eigenvalue weighted by Crippen LogP contribution is 2.14. The molecule has 0 bridgehead atoms. The van der Waals surface area contributed by atoms with Crippen molar-refractivity contribution in [2.45, 2.75) is 26.1 Å². The topological polar surface area (TPSA) is 15.3 Å². The van der Waals surface area contributed by atoms with Crippen molar-refractivity contribution in [2.24, 2.45) is 0 Å². The second-order valence-electron chi connectivity index (χ2n) is 5.10. The Morgan fingerprint density at radius 2 is 2.15 bits per heavy atom. The minimum Gasteiger partial charge on any atom is -0.310 e. The molecule has 20 heavy (non-hydrogen) atoms. The third-order valence-electron chi connectivity index (χ3n) is 3.39. The van der Waals surface area contributed by atoms with Gasteiger partial charge in [0.15, 0.2) is 0 Å². The predicted octanol–water partition coefficient (Wildman–Crippen LogP) is 4.12. The average Bonchev–Trinajstić information content (AvgIpc) is 2.91. The zero-order valence-corrected chi connectivity index (χ0v) is 14.4. The molecule has 108 valence electrons. The molecule has 4 heteroatoms. The molecule has 1 N–H and O–H groups in total. The fraction of sp³-hybridized carbons (Fsp3) is 0.375. The molecule has 1 atom stereocenters. The molecule has 2 rings (SSSR count). The van der Waals surface area contributed by atoms with Crippen LogP contribution in [-0.4, -0.2) is 24.5 Å². The number of rotatable bonds is 7. The van der Waals surface area contributed by atoms with E-state index in [1.54, 1.807) is 11.3 Å². The van der Waals surface area contributed by atoms with Gasteiger partial charge in [0.05, 0.1) is 0 Å². The number of hydrogen-bond acceptors (Lipinski definition) is 3. The highest BCUT2D eigenvalue weighted by molar-refractivity contribution is 9.10. The maximum absolute atomic E-state index is 3.53. The van der Waals surface area contributed by atoms with Crippen molar-refractivity contribution in [3.05, 3.63) is 56.7 Å². The van der Waals surface area contributed by atoms with Crippen molar-refractivity contribution in [3.63, 3.8) is 0 Å². The Morgan fingerprint density at radius 1 is 1.30 bits per heavy atom. The van der Waals surface area contributed by atoms with Crippen molar-refractivity contribution in [3.8, 4) is 0 Å². The maximum Gasteiger partial charge on any atom is 0.0300 e. The summed E-state index contributed by atoms with van der Waals surface area (Å²) in [6, 6.07) is 13.3. The van der Waals surface area contributed by atoms with Gasteiger partial charge in [-0.15, -0.1) is 11.3 Å². The summed E-state index contributed by atoms with van der Waals surface area (Å²) in [6.45, 7) is 5.20. The van der Waals surface area contributed by atoms with Gasteiger partial charge in [-0.1, -0.05) is 34.1 Å². The summed E-state index contributed by atoms with van der Waals surface area (Å²) in [6.07, 6.45) is 0. The number of halogens is 1. The SMILES string of the molecule is CC(CNCc1cccs1)N(C)Cc1cccc(Br)c1. The molecule has 0 fully saturated rings. The molecule has 2 nitrogen and oxygen atoms in total. The lowest BCUT2D eigenvalue weighted by molar-refractivity contribution is 0.242. The van der Waals surface area contributed by atoms with E-state index < -0.39 is 0 Å². The van der Waals surface area contributed by atoms with Gasteiger partial charge < -0.3 is 5.32 Å². The fourth-order valence-corrected chi connectivity index (χ4v) is 3.17. The van der Waals surface area contributed by atoms with E-state index in [1.165, 1.54) is 10.4 Å². The van der Waals surface area contributed by atoms with Gasteiger partial charge >= 0.3 is 0 Å². The minimum atomic E-state index is 0.508. The standard InChI is InChI=1S/C16H21BrN2S/c1-13(10-18-11-16-7-4-8-20-16)19(2)12-14-5-3-6-15(17)9-14/h3-9,13,18H,10-12H2,1-2H3. The number of nitrogens with one attached hydrogen (secondary N) is 1. The Bertz CT molecular complexity index is 513. The van der Waals surface area contributed by atoms with Crippen LogP contribution in [0.4, 0.5) is 0 Å². The summed E-state index contributed by atoms with van der Waals surface area (Å²) in [5.74, 6) is 0. The Balaban J connectivity index is 1.75. The smallest absolute Gasteiger partial charge is 0.0300 e. The van der Waals surface area contributed by atoms with Crippen LogP contribution in [0.25, 0.3) is 0 Å². The molecule has 0 saturated heterocycles. The lowest BCUT2D eigenvalue weighted by atomic mass is 10.2. The van der Waals surface area contributed by atoms with Gasteiger partial charge in [0.25, 0.3) is 0 Å². The van der Waals surface area contributed by atoms with Crippen molar-refractivity contribution in [2.75, 3.05) is 13.6 Å². The first-order valence-electron chi connectivity index (χ1n) is 6.83. The van der Waals surface area contributed by atoms with E-state index in [4.69, 9.17) is 0 Å². The summed E-state index contributed by atoms with van der Waals surface area (Å²) in [5.41, 5.74) is 1.34. The van der Waals surface area contributed by atoms with E-state index in [0.29, 0.717) is 6.04 Å². The van der Waals surface area contributed by atoms with Crippen molar-refractivity contribution in [1.82, 2.24) is 10.2 Å². The Morgan fingerprint density at radius 3 is 2.85 bits per heavy atom. The quantitative estimate of drug-likeness (QED) is 0.806. The fourth-order valence-electron chi connectivity index (χ4n) is 2.05. The van der Waals surface area contributed by atoms with Crippen LogP contribution < -0.4 is 5.32 Å². The van der Waals surface area contributed by atoms with Crippen LogP contribution in [0.1, 0.15) is 17.4 Å². The number of hydrogen-bond donors (Lipinski definition) is 1. The summed E-state index contributed by atoms with van der Waals surface area (Å²) in [5, 5.41) is 5.65. The molecule has 1 heterocycles. The van der Waals surface area contributed by atoms with Crippen LogP contribution in [0.2, 0.25) is 0 Å². The van der Waals surface area contributed by atoms with Gasteiger partial charge in [-0.3, -0.25) is 4.90 Å². The molecule has 0 aliphatic carbocycles. The maximum atomic E-state index is 3.53. The van der Waals surface area contributed by atoms with Gasteiger partial charge in [0.1, 0.15) is 0 Å². The summed E-state index contributed by atoms with van der Waals surface area (Å²) in [7, 11) is 2.18. The number of benzene rings is 1. The largest absolute Gasteiger partial charge is 0.310 e. The molecule has 0 aliphatic rings. The van der Waals surface area contributed by atoms with Crippen LogP contribution in [0.3, 0.4) is 0 Å². The van der Waals surface area contributed by atoms with Gasteiger partial charge in [-0.2, -0.15) is 0 Å². The number of likely N-dealkylation sites (N-methyl/N-ethyl adjacent to an activating group) is 1. The number of nitrogens with zero attached hydrogens (tertiary/aromatic N) is 1. The lowest BCUT2D eigenvalue weighted by Gasteiger charge is -2.25. The van der Waals surface area contributed by atoms with E-state index in [0.717, 1.165) is 24.1 Å². The summed E-state index contributed by atoms with van der Waals surface area (Å²) < 4.78 is 1.15. The predicted molar refractivity (Wildman–Crippen MR) is 91.1 cm³/mol. The first-order chi connectivity index (χ1) is 9.65. The first-order valence-corrected chi connectivity index (χ1v) is 8.50. The number of thiophene rings is 1. The normalized spacial score (nSPS) is 12.8. The summed E-state index contributed by atoms with van der Waals surface area (Å²) >= 11 is 5.33. The van der Waals surface area contributed by atoms with Crippen LogP contribution >= 0.6 is 27.3 Å². The van der Waals surface area contributed by atoms with Gasteiger partial charge in [-0.25, -0.2) is 0 Å². The molecule has 0 aliphatic heterocycles. The second-order valence-corrected chi connectivity index (χ2v) is 7.05. The zero-order valence-electron chi connectivity index (χ0n) is 12.0. The molecule has 0 radical (unpaired) electrons. The lowest BCUT2D eigenvalue weighted by Crippen LogP contribution is -2.37. The Kier molecular flexibility index (Phi) is 6.23. The Labute approximate surface area is 133 Å². The molecule has 0 amide bonds.